The number of esters is 1. The van der Waals surface area contributed by atoms with E-state index in [1.807, 2.05) is 0 Å². The summed E-state index contributed by atoms with van der Waals surface area (Å²) in [5.41, 5.74) is 0. The minimum atomic E-state index is -0.675. The number of nitrogens with one attached hydrogen (secondary N) is 1. The summed E-state index contributed by atoms with van der Waals surface area (Å²) < 4.78 is 5.45. The van der Waals surface area contributed by atoms with Crippen molar-refractivity contribution >= 4 is 11.9 Å². The lowest BCUT2D eigenvalue weighted by Gasteiger charge is -2.22. The lowest BCUT2D eigenvalue weighted by molar-refractivity contribution is -0.143. The van der Waals surface area contributed by atoms with E-state index in [1.165, 1.54) is 205 Å². The molecule has 372 valence electrons. The van der Waals surface area contributed by atoms with Gasteiger partial charge >= 0.3 is 5.97 Å². The predicted octanol–water partition coefficient (Wildman–Crippen LogP) is 17.1. The number of carbonyl (C=O) groups is 2. The van der Waals surface area contributed by atoms with Gasteiger partial charge in [0.25, 0.3) is 0 Å². The van der Waals surface area contributed by atoms with Gasteiger partial charge in [0.05, 0.1) is 25.4 Å². The number of carbonyl (C=O) groups excluding carboxylic acids is 2. The Morgan fingerprint density at radius 3 is 1.14 bits per heavy atom. The van der Waals surface area contributed by atoms with E-state index in [2.05, 4.69) is 43.5 Å². The zero-order valence-electron chi connectivity index (χ0n) is 42.3. The van der Waals surface area contributed by atoms with Gasteiger partial charge in [0.1, 0.15) is 0 Å². The Balaban J connectivity index is 3.47. The van der Waals surface area contributed by atoms with E-state index in [-0.39, 0.29) is 18.5 Å². The highest BCUT2D eigenvalue weighted by Crippen LogP contribution is 2.17. The van der Waals surface area contributed by atoms with Crippen molar-refractivity contribution in [2.45, 2.75) is 315 Å². The highest BCUT2D eigenvalue weighted by Gasteiger charge is 2.20. The smallest absolute Gasteiger partial charge is 0.305 e. The Labute approximate surface area is 392 Å². The molecule has 0 heterocycles. The van der Waals surface area contributed by atoms with Crippen LogP contribution in [0.25, 0.3) is 0 Å². The first-order chi connectivity index (χ1) is 31.0. The third kappa shape index (κ3) is 49.6. The van der Waals surface area contributed by atoms with Gasteiger partial charge in [-0.05, 0) is 77.0 Å². The number of hydrogen-bond acceptors (Lipinski definition) is 5. The van der Waals surface area contributed by atoms with Gasteiger partial charge in [0.2, 0.25) is 5.91 Å². The minimum Gasteiger partial charge on any atom is -0.466 e. The van der Waals surface area contributed by atoms with E-state index in [9.17, 15) is 19.8 Å². The molecule has 2 unspecified atom stereocenters. The summed E-state index contributed by atoms with van der Waals surface area (Å²) in [7, 11) is 0. The number of unbranched alkanes of at least 4 members (excludes halogenated alkanes) is 37. The van der Waals surface area contributed by atoms with Crippen LogP contribution < -0.4 is 5.32 Å². The number of aliphatic hydroxyl groups is 2. The van der Waals surface area contributed by atoms with Crippen LogP contribution >= 0.6 is 0 Å². The van der Waals surface area contributed by atoms with Crippen molar-refractivity contribution in [3.63, 3.8) is 0 Å². The molecule has 63 heavy (non-hydrogen) atoms. The number of rotatable bonds is 52. The molecule has 0 saturated carbocycles. The zero-order chi connectivity index (χ0) is 45.8. The molecule has 0 spiro atoms. The lowest BCUT2D eigenvalue weighted by atomic mass is 10.0. The predicted molar refractivity (Wildman–Crippen MR) is 273 cm³/mol. The van der Waals surface area contributed by atoms with E-state index in [0.717, 1.165) is 64.2 Å². The van der Waals surface area contributed by atoms with Gasteiger partial charge in [0, 0.05) is 12.8 Å². The van der Waals surface area contributed by atoms with E-state index in [0.29, 0.717) is 25.9 Å². The van der Waals surface area contributed by atoms with Crippen molar-refractivity contribution in [2.75, 3.05) is 13.2 Å². The summed E-state index contributed by atoms with van der Waals surface area (Å²) in [6.45, 7) is 4.92. The minimum absolute atomic E-state index is 0.0119. The van der Waals surface area contributed by atoms with E-state index in [4.69, 9.17) is 4.74 Å². The molecule has 0 radical (unpaired) electrons. The maximum Gasteiger partial charge on any atom is 0.305 e. The molecule has 0 aliphatic rings. The number of amides is 1. The molecule has 0 aliphatic carbocycles. The molecule has 1 amide bonds. The van der Waals surface area contributed by atoms with Crippen LogP contribution in [0.4, 0.5) is 0 Å². The molecule has 0 rings (SSSR count). The molecule has 3 N–H and O–H groups in total. The molecule has 0 bridgehead atoms. The van der Waals surface area contributed by atoms with E-state index < -0.39 is 12.1 Å². The van der Waals surface area contributed by atoms with Crippen molar-refractivity contribution in [2.24, 2.45) is 0 Å². The Kier molecular flexibility index (Phi) is 51.6. The maximum atomic E-state index is 12.5. The third-order valence-corrected chi connectivity index (χ3v) is 13.0. The van der Waals surface area contributed by atoms with Crippen molar-refractivity contribution in [1.82, 2.24) is 5.32 Å². The average molecular weight is 889 g/mol. The summed E-state index contributed by atoms with van der Waals surface area (Å²) in [4.78, 5) is 24.5. The fourth-order valence-electron chi connectivity index (χ4n) is 8.63. The Morgan fingerprint density at radius 1 is 0.429 bits per heavy atom. The van der Waals surface area contributed by atoms with E-state index in [1.54, 1.807) is 0 Å². The van der Waals surface area contributed by atoms with Gasteiger partial charge in [-0.2, -0.15) is 0 Å². The molecule has 0 aromatic rings. The zero-order valence-corrected chi connectivity index (χ0v) is 42.3. The van der Waals surface area contributed by atoms with Gasteiger partial charge in [-0.25, -0.2) is 0 Å². The Bertz CT molecular complexity index is 982. The van der Waals surface area contributed by atoms with Gasteiger partial charge < -0.3 is 20.3 Å². The summed E-state index contributed by atoms with van der Waals surface area (Å²) in [5.74, 6) is -0.0626. The van der Waals surface area contributed by atoms with Crippen molar-refractivity contribution < 1.29 is 24.5 Å². The monoisotopic (exact) mass is 888 g/mol. The number of allylic oxidation sites excluding steroid dienone is 4. The van der Waals surface area contributed by atoms with Crippen LogP contribution in [0.3, 0.4) is 0 Å². The average Bonchev–Trinajstić information content (AvgIpc) is 3.28. The van der Waals surface area contributed by atoms with E-state index >= 15 is 0 Å². The fraction of sp³-hybridized carbons (Fsp3) is 0.895. The van der Waals surface area contributed by atoms with Gasteiger partial charge in [-0.3, -0.25) is 9.59 Å². The fourth-order valence-corrected chi connectivity index (χ4v) is 8.63. The number of aliphatic hydroxyl groups excluding tert-OH is 2. The quantitative estimate of drug-likeness (QED) is 0.0321. The molecule has 0 saturated heterocycles. The molecule has 0 aromatic carbocycles. The number of ether oxygens (including phenoxy) is 1. The maximum absolute atomic E-state index is 12.5. The van der Waals surface area contributed by atoms with Crippen molar-refractivity contribution in [1.29, 1.82) is 0 Å². The summed E-state index contributed by atoms with van der Waals surface area (Å²) in [6, 6.07) is -0.554. The first kappa shape index (κ1) is 61.3. The molecule has 6 heteroatoms. The molecule has 0 aliphatic heterocycles. The molecule has 0 aromatic heterocycles. The molecule has 6 nitrogen and oxygen atoms in total. The lowest BCUT2D eigenvalue weighted by Crippen LogP contribution is -2.45. The topological polar surface area (TPSA) is 95.9 Å². The van der Waals surface area contributed by atoms with Crippen LogP contribution in [0.2, 0.25) is 0 Å². The van der Waals surface area contributed by atoms with Crippen LogP contribution in [0.5, 0.6) is 0 Å². The first-order valence-electron chi connectivity index (χ1n) is 28.1. The standard InChI is InChI=1S/C57H109NO5/c1-3-5-7-9-11-13-15-17-18-19-22-26-29-33-37-41-45-49-55(60)54(53-59)58-56(61)50-46-42-38-34-30-27-23-20-21-24-28-32-36-40-44-48-52-63-57(62)51-47-43-39-35-31-25-16-14-12-10-8-6-4-2/h14,16,20,23,54-55,59-60H,3-13,15,17-19,21-22,24-53H2,1-2H3,(H,58,61)/b16-14-,23-20-. The number of hydrogen-bond donors (Lipinski definition) is 3. The summed E-state index contributed by atoms with van der Waals surface area (Å²) in [6.07, 6.45) is 63.0. The van der Waals surface area contributed by atoms with Gasteiger partial charge in [-0.1, -0.05) is 237 Å². The second-order valence-electron chi connectivity index (χ2n) is 19.3. The Hall–Kier alpha value is -1.66. The van der Waals surface area contributed by atoms with Crippen LogP contribution in [0, 0.1) is 0 Å². The molecule has 0 fully saturated rings. The van der Waals surface area contributed by atoms with Crippen LogP contribution in [0.15, 0.2) is 24.3 Å². The molecular weight excluding hydrogens is 779 g/mol. The summed E-state index contributed by atoms with van der Waals surface area (Å²) in [5, 5.41) is 23.3. The SMILES string of the molecule is CCCCCC/C=C\CCCCCCCC(=O)OCCCCCCCCC/C=C\CCCCCCCC(=O)NC(CO)C(O)CCCCCCCCCCCCCCCCCCC. The largest absolute Gasteiger partial charge is 0.466 e. The third-order valence-electron chi connectivity index (χ3n) is 13.0. The molecular formula is C57H109NO5. The van der Waals surface area contributed by atoms with Gasteiger partial charge in [-0.15, -0.1) is 0 Å². The highest BCUT2D eigenvalue weighted by atomic mass is 16.5. The van der Waals surface area contributed by atoms with Crippen LogP contribution in [-0.2, 0) is 14.3 Å². The second kappa shape index (κ2) is 53.0. The van der Waals surface area contributed by atoms with Crippen LogP contribution in [0.1, 0.15) is 303 Å². The summed E-state index contributed by atoms with van der Waals surface area (Å²) >= 11 is 0. The Morgan fingerprint density at radius 2 is 0.746 bits per heavy atom. The van der Waals surface area contributed by atoms with Crippen LogP contribution in [-0.4, -0.2) is 47.4 Å². The van der Waals surface area contributed by atoms with Crippen molar-refractivity contribution in [3.8, 4) is 0 Å². The highest BCUT2D eigenvalue weighted by molar-refractivity contribution is 5.76. The first-order valence-corrected chi connectivity index (χ1v) is 28.1. The molecule has 2 atom stereocenters. The second-order valence-corrected chi connectivity index (χ2v) is 19.3. The normalized spacial score (nSPS) is 12.8. The van der Waals surface area contributed by atoms with Gasteiger partial charge in [0.15, 0.2) is 0 Å². The van der Waals surface area contributed by atoms with Crippen molar-refractivity contribution in [3.05, 3.63) is 24.3 Å².